The van der Waals surface area contributed by atoms with Crippen molar-refractivity contribution in [1.29, 1.82) is 0 Å². The molecule has 1 atom stereocenters. The molecule has 1 aromatic carbocycles. The van der Waals surface area contributed by atoms with E-state index in [0.29, 0.717) is 12.1 Å². The summed E-state index contributed by atoms with van der Waals surface area (Å²) in [4.78, 5) is 0. The van der Waals surface area contributed by atoms with Crippen molar-refractivity contribution in [1.82, 2.24) is 15.0 Å². The Morgan fingerprint density at radius 3 is 2.72 bits per heavy atom. The Hall–Kier alpha value is -1.82. The highest BCUT2D eigenvalue weighted by atomic mass is 19.1. The van der Waals surface area contributed by atoms with Gasteiger partial charge in [0, 0.05) is 6.07 Å². The van der Waals surface area contributed by atoms with Crippen LogP contribution in [0.15, 0.2) is 24.4 Å². The van der Waals surface area contributed by atoms with Crippen molar-refractivity contribution in [3.05, 3.63) is 41.7 Å². The maximum atomic E-state index is 13.5. The maximum Gasteiger partial charge on any atom is 0.151 e. The van der Waals surface area contributed by atoms with Gasteiger partial charge in [-0.3, -0.25) is 0 Å². The number of rotatable bonds is 3. The van der Waals surface area contributed by atoms with E-state index in [4.69, 9.17) is 0 Å². The van der Waals surface area contributed by atoms with Crippen LogP contribution in [0.3, 0.4) is 0 Å². The van der Waals surface area contributed by atoms with Gasteiger partial charge in [0.2, 0.25) is 0 Å². The van der Waals surface area contributed by atoms with Crippen LogP contribution in [0.1, 0.15) is 26.0 Å². The Morgan fingerprint density at radius 2 is 2.11 bits per heavy atom. The average Bonchev–Trinajstić information content (AvgIpc) is 2.79. The molecule has 2 rings (SSSR count). The Kier molecular flexibility index (Phi) is 3.13. The van der Waals surface area contributed by atoms with Crippen molar-refractivity contribution in [2.24, 2.45) is 0 Å². The van der Waals surface area contributed by atoms with Gasteiger partial charge in [0.15, 0.2) is 5.82 Å². The lowest BCUT2D eigenvalue weighted by Gasteiger charge is -2.16. The van der Waals surface area contributed by atoms with Gasteiger partial charge in [0.05, 0.1) is 6.20 Å². The second-order valence-corrected chi connectivity index (χ2v) is 4.27. The zero-order valence-corrected chi connectivity index (χ0v) is 10.1. The molecule has 0 spiro atoms. The van der Waals surface area contributed by atoms with E-state index in [1.807, 2.05) is 0 Å². The molecule has 18 heavy (non-hydrogen) atoms. The molecule has 4 nitrogen and oxygen atoms in total. The van der Waals surface area contributed by atoms with Crippen LogP contribution in [0.5, 0.6) is 0 Å². The summed E-state index contributed by atoms with van der Waals surface area (Å²) in [5.41, 5.74) is -0.690. The van der Waals surface area contributed by atoms with Crippen LogP contribution >= 0.6 is 0 Å². The molecule has 0 fully saturated rings. The number of aromatic nitrogens is 3. The van der Waals surface area contributed by atoms with E-state index in [0.717, 1.165) is 12.1 Å². The largest absolute Gasteiger partial charge is 0.384 e. The first kappa shape index (κ1) is 12.6. The number of nitrogens with zero attached hydrogens (tertiary/aromatic N) is 3. The molecule has 0 aliphatic rings. The zero-order valence-electron chi connectivity index (χ0n) is 10.1. The van der Waals surface area contributed by atoms with Crippen molar-refractivity contribution in [2.75, 3.05) is 0 Å². The molecule has 0 saturated heterocycles. The van der Waals surface area contributed by atoms with Crippen LogP contribution in [-0.2, 0) is 5.60 Å². The molecule has 0 bridgehead atoms. The van der Waals surface area contributed by atoms with Gasteiger partial charge in [-0.25, -0.2) is 13.5 Å². The minimum absolute atomic E-state index is 0.0852. The molecule has 0 radical (unpaired) electrons. The summed E-state index contributed by atoms with van der Waals surface area (Å²) >= 11 is 0. The molecule has 0 saturated carbocycles. The SMILES string of the molecule is CCC(C)(O)c1cn(-c2ccc(F)cc2F)nn1. The minimum Gasteiger partial charge on any atom is -0.384 e. The number of benzene rings is 1. The zero-order chi connectivity index (χ0) is 13.3. The lowest BCUT2D eigenvalue weighted by atomic mass is 10.0. The van der Waals surface area contributed by atoms with Gasteiger partial charge in [0.1, 0.15) is 22.8 Å². The molecule has 0 aliphatic heterocycles. The maximum absolute atomic E-state index is 13.5. The molecule has 6 heteroatoms. The summed E-state index contributed by atoms with van der Waals surface area (Å²) in [7, 11) is 0. The van der Waals surface area contributed by atoms with Gasteiger partial charge < -0.3 is 5.11 Å². The van der Waals surface area contributed by atoms with E-state index in [1.54, 1.807) is 13.8 Å². The van der Waals surface area contributed by atoms with Gasteiger partial charge in [-0.1, -0.05) is 12.1 Å². The summed E-state index contributed by atoms with van der Waals surface area (Å²) < 4.78 is 27.5. The van der Waals surface area contributed by atoms with E-state index in [-0.39, 0.29) is 5.69 Å². The van der Waals surface area contributed by atoms with Crippen molar-refractivity contribution in [3.8, 4) is 5.69 Å². The van der Waals surface area contributed by atoms with Crippen LogP contribution in [0.2, 0.25) is 0 Å². The second kappa shape index (κ2) is 4.45. The molecule has 1 N–H and O–H groups in total. The molecule has 0 amide bonds. The van der Waals surface area contributed by atoms with E-state index >= 15 is 0 Å². The number of aliphatic hydroxyl groups is 1. The normalized spacial score (nSPS) is 14.5. The second-order valence-electron chi connectivity index (χ2n) is 4.27. The number of halogens is 2. The van der Waals surface area contributed by atoms with Crippen molar-refractivity contribution in [2.45, 2.75) is 25.9 Å². The first-order valence-corrected chi connectivity index (χ1v) is 5.54. The fourth-order valence-electron chi connectivity index (χ4n) is 1.48. The predicted octanol–water partition coefficient (Wildman–Crippen LogP) is 2.16. The fourth-order valence-corrected chi connectivity index (χ4v) is 1.48. The Balaban J connectivity index is 2.41. The van der Waals surface area contributed by atoms with Crippen molar-refractivity contribution >= 4 is 0 Å². The van der Waals surface area contributed by atoms with Crippen LogP contribution < -0.4 is 0 Å². The number of hydrogen-bond acceptors (Lipinski definition) is 3. The summed E-state index contributed by atoms with van der Waals surface area (Å²) in [5, 5.41) is 17.5. The van der Waals surface area contributed by atoms with Crippen molar-refractivity contribution < 1.29 is 13.9 Å². The monoisotopic (exact) mass is 253 g/mol. The van der Waals surface area contributed by atoms with Crippen molar-refractivity contribution in [3.63, 3.8) is 0 Å². The Labute approximate surface area is 103 Å². The smallest absolute Gasteiger partial charge is 0.151 e. The summed E-state index contributed by atoms with van der Waals surface area (Å²) in [6.07, 6.45) is 1.89. The molecule has 0 aliphatic carbocycles. The highest BCUT2D eigenvalue weighted by Gasteiger charge is 2.24. The molecular formula is C12H13F2N3O. The van der Waals surface area contributed by atoms with Gasteiger partial charge in [-0.05, 0) is 25.5 Å². The van der Waals surface area contributed by atoms with E-state index in [1.165, 1.54) is 16.9 Å². The van der Waals surface area contributed by atoms with Crippen LogP contribution in [0.4, 0.5) is 8.78 Å². The highest BCUT2D eigenvalue weighted by molar-refractivity contribution is 5.33. The molecular weight excluding hydrogens is 240 g/mol. The topological polar surface area (TPSA) is 50.9 Å². The van der Waals surface area contributed by atoms with E-state index in [9.17, 15) is 13.9 Å². The average molecular weight is 253 g/mol. The third-order valence-electron chi connectivity index (χ3n) is 2.89. The lowest BCUT2D eigenvalue weighted by Crippen LogP contribution is -2.20. The summed E-state index contributed by atoms with van der Waals surface area (Å²) in [6.45, 7) is 3.40. The Morgan fingerprint density at radius 1 is 1.39 bits per heavy atom. The molecule has 1 aromatic heterocycles. The fraction of sp³-hybridized carbons (Fsp3) is 0.333. The summed E-state index contributed by atoms with van der Waals surface area (Å²) in [6, 6.07) is 3.18. The molecule has 2 aromatic rings. The molecule has 96 valence electrons. The van der Waals surface area contributed by atoms with E-state index < -0.39 is 17.2 Å². The summed E-state index contributed by atoms with van der Waals surface area (Å²) in [5.74, 6) is -1.39. The first-order valence-electron chi connectivity index (χ1n) is 5.54. The molecule has 1 unspecified atom stereocenters. The van der Waals surface area contributed by atoms with Gasteiger partial charge in [0.25, 0.3) is 0 Å². The van der Waals surface area contributed by atoms with Crippen LogP contribution in [0.25, 0.3) is 5.69 Å². The third-order valence-corrected chi connectivity index (χ3v) is 2.89. The van der Waals surface area contributed by atoms with Gasteiger partial charge in [-0.15, -0.1) is 5.10 Å². The predicted molar refractivity (Wildman–Crippen MR) is 61.1 cm³/mol. The Bertz CT molecular complexity index is 566. The standard InChI is InChI=1S/C12H13F2N3O/c1-3-12(2,18)11-7-17(16-15-11)10-5-4-8(13)6-9(10)14/h4-7,18H,3H2,1-2H3. The lowest BCUT2D eigenvalue weighted by molar-refractivity contribution is 0.0484. The van der Waals surface area contributed by atoms with E-state index in [2.05, 4.69) is 10.3 Å². The quantitative estimate of drug-likeness (QED) is 0.912. The number of hydrogen-bond donors (Lipinski definition) is 1. The van der Waals surface area contributed by atoms with Gasteiger partial charge >= 0.3 is 0 Å². The minimum atomic E-state index is -1.12. The molecule has 1 heterocycles. The third kappa shape index (κ3) is 2.24. The first-order chi connectivity index (χ1) is 8.44. The van der Waals surface area contributed by atoms with Gasteiger partial charge in [-0.2, -0.15) is 0 Å². The van der Waals surface area contributed by atoms with Crippen LogP contribution in [0, 0.1) is 11.6 Å². The highest BCUT2D eigenvalue weighted by Crippen LogP contribution is 2.22. The van der Waals surface area contributed by atoms with Crippen LogP contribution in [-0.4, -0.2) is 20.1 Å².